The van der Waals surface area contributed by atoms with Gasteiger partial charge in [0.1, 0.15) is 0 Å². The monoisotopic (exact) mass is 210 g/mol. The van der Waals surface area contributed by atoms with Crippen molar-refractivity contribution >= 4 is 0 Å². The fraction of sp³-hybridized carbons (Fsp3) is 0.714. The maximum atomic E-state index is 8.86. The van der Waals surface area contributed by atoms with Crippen LogP contribution in [0.25, 0.3) is 0 Å². The summed E-state index contributed by atoms with van der Waals surface area (Å²) in [5.41, 5.74) is 0. The minimum Gasteiger partial charge on any atom is -0.396 e. The Kier molecular flexibility index (Phi) is 9.60. The Hall–Kier alpha value is -0.560. The number of unbranched alkanes of at least 4 members (excludes halogenated alkanes) is 2. The van der Waals surface area contributed by atoms with Gasteiger partial charge in [-0.15, -0.1) is 0 Å². The second kappa shape index (κ2) is 9.97. The van der Waals surface area contributed by atoms with Gasteiger partial charge < -0.3 is 5.11 Å². The molecule has 0 saturated carbocycles. The predicted octanol–water partition coefficient (Wildman–Crippen LogP) is 3.94. The molecule has 0 spiro atoms. The van der Waals surface area contributed by atoms with Gasteiger partial charge in [-0.2, -0.15) is 0 Å². The van der Waals surface area contributed by atoms with Gasteiger partial charge in [-0.25, -0.2) is 0 Å². The van der Waals surface area contributed by atoms with Gasteiger partial charge in [0, 0.05) is 6.61 Å². The summed E-state index contributed by atoms with van der Waals surface area (Å²) in [6, 6.07) is 0. The average molecular weight is 210 g/mol. The smallest absolute Gasteiger partial charge is 0.0491 e. The molecule has 0 aliphatic rings. The molecule has 88 valence electrons. The Balaban J connectivity index is 3.60. The Morgan fingerprint density at radius 1 is 1.07 bits per heavy atom. The molecule has 0 fully saturated rings. The first kappa shape index (κ1) is 14.4. The standard InChI is InChI=1S/C14H26O/c1-4-5-6-7-8-9-13(2)10-11-14(3)12-15/h7-8,10-11,13-15H,4-6,9,12H2,1-3H3. The molecule has 0 aromatic carbocycles. The molecule has 0 aliphatic carbocycles. The van der Waals surface area contributed by atoms with Crippen LogP contribution in [0.3, 0.4) is 0 Å². The molecule has 1 N–H and O–H groups in total. The van der Waals surface area contributed by atoms with Gasteiger partial charge >= 0.3 is 0 Å². The SMILES string of the molecule is CCCCC=CCC(C)C=CC(C)CO. The Bertz CT molecular complexity index is 182. The van der Waals surface area contributed by atoms with E-state index in [4.69, 9.17) is 5.11 Å². The van der Waals surface area contributed by atoms with Crippen molar-refractivity contribution in [2.24, 2.45) is 11.8 Å². The van der Waals surface area contributed by atoms with E-state index in [1.807, 2.05) is 6.92 Å². The van der Waals surface area contributed by atoms with Crippen LogP contribution < -0.4 is 0 Å². The molecule has 1 nitrogen and oxygen atoms in total. The lowest BCUT2D eigenvalue weighted by Gasteiger charge is -2.04. The average Bonchev–Trinajstić information content (AvgIpc) is 2.25. The van der Waals surface area contributed by atoms with Crippen molar-refractivity contribution < 1.29 is 5.11 Å². The minimum atomic E-state index is 0.246. The lowest BCUT2D eigenvalue weighted by molar-refractivity contribution is 0.261. The van der Waals surface area contributed by atoms with Crippen molar-refractivity contribution in [1.82, 2.24) is 0 Å². The Labute approximate surface area is 94.9 Å². The molecule has 15 heavy (non-hydrogen) atoms. The first-order valence-electron chi connectivity index (χ1n) is 6.14. The third-order valence-corrected chi connectivity index (χ3v) is 2.46. The van der Waals surface area contributed by atoms with Gasteiger partial charge in [0.05, 0.1) is 0 Å². The van der Waals surface area contributed by atoms with Crippen LogP contribution >= 0.6 is 0 Å². The van der Waals surface area contributed by atoms with E-state index in [-0.39, 0.29) is 12.5 Å². The van der Waals surface area contributed by atoms with Crippen LogP contribution in [0.15, 0.2) is 24.3 Å². The molecular weight excluding hydrogens is 184 g/mol. The van der Waals surface area contributed by atoms with Gasteiger partial charge in [-0.3, -0.25) is 0 Å². The molecule has 2 unspecified atom stereocenters. The zero-order valence-corrected chi connectivity index (χ0v) is 10.4. The van der Waals surface area contributed by atoms with Crippen LogP contribution in [-0.2, 0) is 0 Å². The summed E-state index contributed by atoms with van der Waals surface area (Å²) in [7, 11) is 0. The van der Waals surface area contributed by atoms with E-state index in [0.29, 0.717) is 5.92 Å². The van der Waals surface area contributed by atoms with Crippen LogP contribution in [0.4, 0.5) is 0 Å². The largest absolute Gasteiger partial charge is 0.396 e. The Morgan fingerprint density at radius 2 is 1.73 bits per heavy atom. The third-order valence-electron chi connectivity index (χ3n) is 2.46. The zero-order chi connectivity index (χ0) is 11.5. The predicted molar refractivity (Wildman–Crippen MR) is 67.8 cm³/mol. The van der Waals surface area contributed by atoms with Crippen molar-refractivity contribution in [3.05, 3.63) is 24.3 Å². The second-order valence-electron chi connectivity index (χ2n) is 4.37. The summed E-state index contributed by atoms with van der Waals surface area (Å²) < 4.78 is 0. The molecule has 0 aromatic rings. The lowest BCUT2D eigenvalue weighted by Crippen LogP contribution is -1.96. The Morgan fingerprint density at radius 3 is 2.33 bits per heavy atom. The van der Waals surface area contributed by atoms with Crippen molar-refractivity contribution in [1.29, 1.82) is 0 Å². The maximum Gasteiger partial charge on any atom is 0.0491 e. The molecular formula is C14H26O. The molecule has 1 heteroatoms. The molecule has 0 rings (SSSR count). The highest BCUT2D eigenvalue weighted by atomic mass is 16.3. The van der Waals surface area contributed by atoms with Gasteiger partial charge in [0.25, 0.3) is 0 Å². The van der Waals surface area contributed by atoms with Gasteiger partial charge in [0.2, 0.25) is 0 Å². The molecule has 2 atom stereocenters. The van der Waals surface area contributed by atoms with Gasteiger partial charge in [-0.1, -0.05) is 57.9 Å². The van der Waals surface area contributed by atoms with Crippen LogP contribution in [-0.4, -0.2) is 11.7 Å². The molecule has 0 saturated heterocycles. The highest BCUT2D eigenvalue weighted by molar-refractivity contribution is 4.94. The van der Waals surface area contributed by atoms with Crippen molar-refractivity contribution in [3.63, 3.8) is 0 Å². The molecule has 0 heterocycles. The zero-order valence-electron chi connectivity index (χ0n) is 10.4. The summed E-state index contributed by atoms with van der Waals surface area (Å²) in [5.74, 6) is 0.869. The van der Waals surface area contributed by atoms with Gasteiger partial charge in [-0.05, 0) is 24.7 Å². The topological polar surface area (TPSA) is 20.2 Å². The number of aliphatic hydroxyl groups excluding tert-OH is 1. The molecule has 0 radical (unpaired) electrons. The summed E-state index contributed by atoms with van der Waals surface area (Å²) in [5, 5.41) is 8.86. The first-order valence-corrected chi connectivity index (χ1v) is 6.14. The minimum absolute atomic E-state index is 0.246. The first-order chi connectivity index (χ1) is 7.20. The summed E-state index contributed by atoms with van der Waals surface area (Å²) in [4.78, 5) is 0. The summed E-state index contributed by atoms with van der Waals surface area (Å²) in [6.45, 7) is 6.70. The molecule has 0 aromatic heterocycles. The fourth-order valence-electron chi connectivity index (χ4n) is 1.27. The number of hydrogen-bond donors (Lipinski definition) is 1. The second-order valence-corrected chi connectivity index (χ2v) is 4.37. The quantitative estimate of drug-likeness (QED) is 0.475. The summed E-state index contributed by atoms with van der Waals surface area (Å²) >= 11 is 0. The van der Waals surface area contributed by atoms with Crippen molar-refractivity contribution in [2.45, 2.75) is 46.5 Å². The van der Waals surface area contributed by atoms with E-state index in [0.717, 1.165) is 6.42 Å². The van der Waals surface area contributed by atoms with Crippen molar-refractivity contribution in [2.75, 3.05) is 6.61 Å². The van der Waals surface area contributed by atoms with E-state index >= 15 is 0 Å². The van der Waals surface area contributed by atoms with E-state index in [2.05, 4.69) is 38.2 Å². The lowest BCUT2D eigenvalue weighted by atomic mass is 10.0. The van der Waals surface area contributed by atoms with E-state index < -0.39 is 0 Å². The number of allylic oxidation sites excluding steroid dienone is 3. The highest BCUT2D eigenvalue weighted by Crippen LogP contribution is 2.08. The maximum absolute atomic E-state index is 8.86. The van der Waals surface area contributed by atoms with Crippen LogP contribution in [0.5, 0.6) is 0 Å². The molecule has 0 bridgehead atoms. The third kappa shape index (κ3) is 9.74. The van der Waals surface area contributed by atoms with Crippen molar-refractivity contribution in [3.8, 4) is 0 Å². The van der Waals surface area contributed by atoms with E-state index in [9.17, 15) is 0 Å². The number of aliphatic hydroxyl groups is 1. The molecule has 0 amide bonds. The van der Waals surface area contributed by atoms with Crippen LogP contribution in [0.1, 0.15) is 46.5 Å². The number of hydrogen-bond acceptors (Lipinski definition) is 1. The van der Waals surface area contributed by atoms with E-state index in [1.54, 1.807) is 0 Å². The highest BCUT2D eigenvalue weighted by Gasteiger charge is 1.96. The summed E-state index contributed by atoms with van der Waals surface area (Å²) in [6.07, 6.45) is 13.7. The van der Waals surface area contributed by atoms with Crippen LogP contribution in [0, 0.1) is 11.8 Å². The normalized spacial score (nSPS) is 16.3. The van der Waals surface area contributed by atoms with E-state index in [1.165, 1.54) is 19.3 Å². The number of rotatable bonds is 8. The molecule has 0 aliphatic heterocycles. The fourth-order valence-corrected chi connectivity index (χ4v) is 1.27. The van der Waals surface area contributed by atoms with Gasteiger partial charge in [0.15, 0.2) is 0 Å². The van der Waals surface area contributed by atoms with Crippen LogP contribution in [0.2, 0.25) is 0 Å².